The molecule has 9 heteroatoms. The molecule has 0 aliphatic heterocycles. The quantitative estimate of drug-likeness (QED) is 0.377. The van der Waals surface area contributed by atoms with Gasteiger partial charge in [-0.3, -0.25) is 0 Å². The summed E-state index contributed by atoms with van der Waals surface area (Å²) in [6.07, 6.45) is -2.65. The van der Waals surface area contributed by atoms with Gasteiger partial charge in [-0.15, -0.1) is 0 Å². The number of hydrogen-bond donors (Lipinski definition) is 2. The average Bonchev–Trinajstić information content (AvgIpc) is 2.71. The van der Waals surface area contributed by atoms with E-state index >= 15 is 0 Å². The fourth-order valence-corrected chi connectivity index (χ4v) is 2.33. The lowest BCUT2D eigenvalue weighted by Gasteiger charge is -2.12. The van der Waals surface area contributed by atoms with E-state index in [2.05, 4.69) is 20.6 Å². The molecule has 0 fully saturated rings. The average molecular weight is 410 g/mol. The molecule has 0 atom stereocenters. The summed E-state index contributed by atoms with van der Waals surface area (Å²) < 4.78 is 48.2. The highest BCUT2D eigenvalue weighted by atomic mass is 19.4. The van der Waals surface area contributed by atoms with E-state index in [1.165, 1.54) is 12.1 Å². The van der Waals surface area contributed by atoms with E-state index in [4.69, 9.17) is 9.47 Å². The lowest BCUT2D eigenvalue weighted by atomic mass is 10.1. The number of rotatable bonds is 9. The van der Waals surface area contributed by atoms with Crippen LogP contribution in [-0.4, -0.2) is 37.8 Å². The summed E-state index contributed by atoms with van der Waals surface area (Å²) in [6, 6.07) is 8.68. The van der Waals surface area contributed by atoms with Gasteiger partial charge in [0.1, 0.15) is 6.61 Å². The summed E-state index contributed by atoms with van der Waals surface area (Å²) in [6.45, 7) is 4.26. The van der Waals surface area contributed by atoms with Gasteiger partial charge in [0.2, 0.25) is 5.88 Å². The minimum absolute atomic E-state index is 0.356. The molecule has 0 amide bonds. The molecule has 2 aromatic rings. The summed E-state index contributed by atoms with van der Waals surface area (Å²) in [5, 5.41) is 6.21. The minimum atomic E-state index is -4.33. The third-order valence-corrected chi connectivity index (χ3v) is 3.84. The van der Waals surface area contributed by atoms with E-state index < -0.39 is 11.7 Å². The topological polar surface area (TPSA) is 67.8 Å². The second-order valence-corrected chi connectivity index (χ2v) is 6.09. The van der Waals surface area contributed by atoms with Crippen molar-refractivity contribution in [1.82, 2.24) is 15.6 Å². The Hall–Kier alpha value is -2.81. The van der Waals surface area contributed by atoms with Crippen molar-refractivity contribution in [3.8, 4) is 5.88 Å². The van der Waals surface area contributed by atoms with Gasteiger partial charge in [-0.1, -0.05) is 18.2 Å². The number of aliphatic imine (C=N–C) groups is 1. The zero-order chi connectivity index (χ0) is 21.1. The van der Waals surface area contributed by atoms with Crippen LogP contribution in [0.25, 0.3) is 0 Å². The molecular weight excluding hydrogens is 385 g/mol. The summed E-state index contributed by atoms with van der Waals surface area (Å²) in [4.78, 5) is 8.69. The van der Waals surface area contributed by atoms with E-state index in [1.54, 1.807) is 19.4 Å². The third kappa shape index (κ3) is 7.98. The number of aromatic nitrogens is 1. The number of pyridine rings is 1. The molecule has 0 saturated carbocycles. The zero-order valence-electron chi connectivity index (χ0n) is 16.4. The molecule has 2 N–H and O–H groups in total. The van der Waals surface area contributed by atoms with Crippen molar-refractivity contribution in [2.45, 2.75) is 26.2 Å². The lowest BCUT2D eigenvalue weighted by molar-refractivity contribution is -0.137. The minimum Gasteiger partial charge on any atom is -0.475 e. The highest BCUT2D eigenvalue weighted by molar-refractivity contribution is 5.79. The predicted octanol–water partition coefficient (Wildman–Crippen LogP) is 3.38. The second kappa shape index (κ2) is 11.3. The molecule has 0 saturated heterocycles. The number of methoxy groups -OCH3 is 1. The molecule has 0 unspecified atom stereocenters. The highest BCUT2D eigenvalue weighted by Crippen LogP contribution is 2.29. The summed E-state index contributed by atoms with van der Waals surface area (Å²) >= 11 is 0. The van der Waals surface area contributed by atoms with Crippen LogP contribution in [0.5, 0.6) is 5.88 Å². The molecule has 1 heterocycles. The molecule has 1 aromatic heterocycles. The highest BCUT2D eigenvalue weighted by Gasteiger charge is 2.29. The van der Waals surface area contributed by atoms with Gasteiger partial charge in [0.15, 0.2) is 5.96 Å². The van der Waals surface area contributed by atoms with Crippen LogP contribution >= 0.6 is 0 Å². The number of ether oxygens (including phenoxy) is 2. The monoisotopic (exact) mass is 410 g/mol. The van der Waals surface area contributed by atoms with Crippen LogP contribution in [0.2, 0.25) is 0 Å². The standard InChI is InChI=1S/C20H25F3N4O2/c1-3-24-19(26-12-15-4-7-17(8-5-15)20(21,22)23)27-14-16-6-9-18(25-13-16)29-11-10-28-2/h4-9,13H,3,10-12,14H2,1-2H3,(H2,24,26,27). The molecule has 0 spiro atoms. The van der Waals surface area contributed by atoms with Crippen molar-refractivity contribution < 1.29 is 22.6 Å². The number of guanidine groups is 1. The molecule has 0 radical (unpaired) electrons. The maximum atomic E-state index is 12.6. The Bertz CT molecular complexity index is 763. The Labute approximate surface area is 168 Å². The SMILES string of the molecule is CCNC(=NCc1ccc(OCCOC)nc1)NCc1ccc(C(F)(F)F)cc1. The van der Waals surface area contributed by atoms with Crippen molar-refractivity contribution in [3.63, 3.8) is 0 Å². The molecule has 0 aliphatic carbocycles. The normalized spacial score (nSPS) is 12.0. The van der Waals surface area contributed by atoms with Crippen LogP contribution in [0.1, 0.15) is 23.6 Å². The van der Waals surface area contributed by atoms with Gasteiger partial charge >= 0.3 is 6.18 Å². The molecule has 1 aromatic carbocycles. The Morgan fingerprint density at radius 2 is 1.76 bits per heavy atom. The van der Waals surface area contributed by atoms with Crippen LogP contribution in [-0.2, 0) is 24.0 Å². The van der Waals surface area contributed by atoms with E-state index in [-0.39, 0.29) is 0 Å². The maximum absolute atomic E-state index is 12.6. The van der Waals surface area contributed by atoms with Crippen molar-refractivity contribution in [3.05, 3.63) is 59.3 Å². The first-order valence-electron chi connectivity index (χ1n) is 9.17. The summed E-state index contributed by atoms with van der Waals surface area (Å²) in [5.74, 6) is 1.08. The first kappa shape index (κ1) is 22.5. The molecule has 0 bridgehead atoms. The molecule has 29 heavy (non-hydrogen) atoms. The van der Waals surface area contributed by atoms with Gasteiger partial charge in [0, 0.05) is 32.5 Å². The Balaban J connectivity index is 1.90. The van der Waals surface area contributed by atoms with Crippen LogP contribution in [0.15, 0.2) is 47.6 Å². The number of halogens is 3. The van der Waals surface area contributed by atoms with E-state index in [9.17, 15) is 13.2 Å². The van der Waals surface area contributed by atoms with Crippen molar-refractivity contribution in [2.24, 2.45) is 4.99 Å². The number of hydrogen-bond acceptors (Lipinski definition) is 4. The number of nitrogens with one attached hydrogen (secondary N) is 2. The third-order valence-electron chi connectivity index (χ3n) is 3.84. The van der Waals surface area contributed by atoms with Gasteiger partial charge < -0.3 is 20.1 Å². The fraction of sp³-hybridized carbons (Fsp3) is 0.400. The van der Waals surface area contributed by atoms with Crippen LogP contribution in [0, 0.1) is 0 Å². The second-order valence-electron chi connectivity index (χ2n) is 6.09. The summed E-state index contributed by atoms with van der Waals surface area (Å²) in [7, 11) is 1.60. The summed E-state index contributed by atoms with van der Waals surface area (Å²) in [5.41, 5.74) is 0.961. The first-order chi connectivity index (χ1) is 13.9. The van der Waals surface area contributed by atoms with Gasteiger partial charge in [0.05, 0.1) is 18.7 Å². The molecule has 2 rings (SSSR count). The smallest absolute Gasteiger partial charge is 0.416 e. The van der Waals surface area contributed by atoms with Gasteiger partial charge in [-0.05, 0) is 30.2 Å². The number of benzene rings is 1. The number of nitrogens with zero attached hydrogens (tertiary/aromatic N) is 2. The van der Waals surface area contributed by atoms with Crippen LogP contribution < -0.4 is 15.4 Å². The zero-order valence-corrected chi connectivity index (χ0v) is 16.4. The molecule has 6 nitrogen and oxygen atoms in total. The van der Waals surface area contributed by atoms with E-state index in [0.717, 1.165) is 23.3 Å². The Kier molecular flexibility index (Phi) is 8.72. The van der Waals surface area contributed by atoms with Crippen molar-refractivity contribution in [2.75, 3.05) is 26.9 Å². The fourth-order valence-electron chi connectivity index (χ4n) is 2.33. The predicted molar refractivity (Wildman–Crippen MR) is 105 cm³/mol. The largest absolute Gasteiger partial charge is 0.475 e. The van der Waals surface area contributed by atoms with Crippen molar-refractivity contribution in [1.29, 1.82) is 0 Å². The van der Waals surface area contributed by atoms with Gasteiger partial charge in [-0.25, -0.2) is 9.98 Å². The van der Waals surface area contributed by atoms with Crippen LogP contribution in [0.3, 0.4) is 0 Å². The van der Waals surface area contributed by atoms with Crippen LogP contribution in [0.4, 0.5) is 13.2 Å². The molecular formula is C20H25F3N4O2. The molecule has 0 aliphatic rings. The maximum Gasteiger partial charge on any atom is 0.416 e. The van der Waals surface area contributed by atoms with Crippen molar-refractivity contribution >= 4 is 5.96 Å². The Morgan fingerprint density at radius 1 is 1.03 bits per heavy atom. The van der Waals surface area contributed by atoms with Gasteiger partial charge in [-0.2, -0.15) is 13.2 Å². The first-order valence-corrected chi connectivity index (χ1v) is 9.17. The lowest BCUT2D eigenvalue weighted by Crippen LogP contribution is -2.36. The Morgan fingerprint density at radius 3 is 2.34 bits per heavy atom. The van der Waals surface area contributed by atoms with Gasteiger partial charge in [0.25, 0.3) is 0 Å². The molecule has 158 valence electrons. The van der Waals surface area contributed by atoms with E-state index in [1.807, 2.05) is 13.0 Å². The number of alkyl halides is 3. The van der Waals surface area contributed by atoms with E-state index in [0.29, 0.717) is 44.7 Å².